The van der Waals surface area contributed by atoms with Gasteiger partial charge in [0.1, 0.15) is 5.82 Å². The molecule has 4 amide bonds. The fourth-order valence-corrected chi connectivity index (χ4v) is 1.72. The number of nitrogens with two attached hydrogens (primary N) is 1. The predicted octanol–water partition coefficient (Wildman–Crippen LogP) is -0.654. The molecule has 2 rings (SSSR count). The van der Waals surface area contributed by atoms with E-state index in [9.17, 15) is 18.8 Å². The van der Waals surface area contributed by atoms with Crippen LogP contribution in [0.5, 0.6) is 0 Å². The lowest BCUT2D eigenvalue weighted by molar-refractivity contribution is -0.134. The number of hydrogen-bond acceptors (Lipinski definition) is 3. The Morgan fingerprint density at radius 2 is 1.94 bits per heavy atom. The number of rotatable bonds is 2. The van der Waals surface area contributed by atoms with Gasteiger partial charge in [0, 0.05) is 5.56 Å². The zero-order valence-electron chi connectivity index (χ0n) is 8.49. The van der Waals surface area contributed by atoms with Crippen molar-refractivity contribution in [3.8, 4) is 0 Å². The number of nitrogens with one attached hydrogen (secondary N) is 2. The molecule has 1 atom stereocenters. The third-order valence-electron chi connectivity index (χ3n) is 2.52. The Kier molecular flexibility index (Phi) is 2.31. The van der Waals surface area contributed by atoms with Gasteiger partial charge < -0.3 is 11.1 Å². The molecule has 7 heteroatoms. The van der Waals surface area contributed by atoms with Gasteiger partial charge in [-0.1, -0.05) is 18.2 Å². The Morgan fingerprint density at radius 3 is 2.41 bits per heavy atom. The van der Waals surface area contributed by atoms with Crippen molar-refractivity contribution >= 4 is 17.8 Å². The van der Waals surface area contributed by atoms with Gasteiger partial charge >= 0.3 is 6.03 Å². The minimum Gasteiger partial charge on any atom is -0.367 e. The van der Waals surface area contributed by atoms with Crippen LogP contribution in [0.15, 0.2) is 24.3 Å². The highest BCUT2D eigenvalue weighted by molar-refractivity contribution is 6.20. The van der Waals surface area contributed by atoms with Crippen molar-refractivity contribution in [2.45, 2.75) is 5.54 Å². The molecule has 4 N–H and O–H groups in total. The van der Waals surface area contributed by atoms with Gasteiger partial charge in [-0.3, -0.25) is 14.9 Å². The number of carbonyl (C=O) groups excluding carboxylic acids is 3. The van der Waals surface area contributed by atoms with Crippen LogP contribution >= 0.6 is 0 Å². The molecule has 1 aliphatic heterocycles. The quantitative estimate of drug-likeness (QED) is 0.470. The third kappa shape index (κ3) is 1.43. The molecule has 0 aromatic heterocycles. The molecule has 0 saturated carbocycles. The summed E-state index contributed by atoms with van der Waals surface area (Å²) in [6.07, 6.45) is 0. The van der Waals surface area contributed by atoms with E-state index in [4.69, 9.17) is 5.73 Å². The van der Waals surface area contributed by atoms with E-state index >= 15 is 0 Å². The molecule has 0 bridgehead atoms. The normalized spacial score (nSPS) is 23.1. The number of imide groups is 1. The summed E-state index contributed by atoms with van der Waals surface area (Å²) in [6, 6.07) is 4.21. The van der Waals surface area contributed by atoms with E-state index in [0.29, 0.717) is 0 Å². The standard InChI is InChI=1S/C10H8FN3O3/c11-6-4-2-1-3-5(6)10(7(12)15)8(16)13-9(17)14-10/h1-4H,(H2,12,15)(H2,13,14,16,17). The topological polar surface area (TPSA) is 101 Å². The minimum atomic E-state index is -2.18. The average Bonchev–Trinajstić information content (AvgIpc) is 2.55. The van der Waals surface area contributed by atoms with Crippen LogP contribution in [0.1, 0.15) is 5.56 Å². The number of amides is 4. The van der Waals surface area contributed by atoms with Crippen LogP contribution < -0.4 is 16.4 Å². The second-order valence-electron chi connectivity index (χ2n) is 3.50. The molecule has 0 spiro atoms. The van der Waals surface area contributed by atoms with Gasteiger partial charge in [-0.25, -0.2) is 9.18 Å². The summed E-state index contributed by atoms with van der Waals surface area (Å²) in [5, 5.41) is 3.92. The molecule has 1 aliphatic rings. The smallest absolute Gasteiger partial charge is 0.323 e. The van der Waals surface area contributed by atoms with Crippen molar-refractivity contribution < 1.29 is 18.8 Å². The molecule has 1 heterocycles. The minimum absolute atomic E-state index is 0.282. The maximum atomic E-state index is 13.6. The van der Waals surface area contributed by atoms with Crippen LogP contribution in [0.2, 0.25) is 0 Å². The van der Waals surface area contributed by atoms with Crippen LogP contribution in [0.4, 0.5) is 9.18 Å². The largest absolute Gasteiger partial charge is 0.367 e. The zero-order chi connectivity index (χ0) is 12.6. The van der Waals surface area contributed by atoms with Crippen molar-refractivity contribution in [3.05, 3.63) is 35.6 Å². The number of hydrogen-bond donors (Lipinski definition) is 3. The van der Waals surface area contributed by atoms with Gasteiger partial charge in [-0.2, -0.15) is 0 Å². The maximum absolute atomic E-state index is 13.6. The van der Waals surface area contributed by atoms with Crippen LogP contribution in [-0.4, -0.2) is 17.8 Å². The molecule has 1 aromatic carbocycles. The number of benzene rings is 1. The van der Waals surface area contributed by atoms with Crippen molar-refractivity contribution in [2.24, 2.45) is 5.73 Å². The maximum Gasteiger partial charge on any atom is 0.323 e. The van der Waals surface area contributed by atoms with Crippen molar-refractivity contribution in [3.63, 3.8) is 0 Å². The molecule has 1 aromatic rings. The second kappa shape index (κ2) is 3.55. The molecule has 17 heavy (non-hydrogen) atoms. The number of carbonyl (C=O) groups is 3. The first-order chi connectivity index (χ1) is 7.98. The number of primary amides is 1. The van der Waals surface area contributed by atoms with Gasteiger partial charge in [-0.05, 0) is 6.07 Å². The molecule has 1 fully saturated rings. The number of urea groups is 1. The van der Waals surface area contributed by atoms with E-state index in [1.165, 1.54) is 18.2 Å². The Balaban J connectivity index is 2.65. The SMILES string of the molecule is NC(=O)C1(c2ccccc2F)NC(=O)NC1=O. The molecular formula is C10H8FN3O3. The Bertz CT molecular complexity index is 531. The van der Waals surface area contributed by atoms with Crippen molar-refractivity contribution in [1.82, 2.24) is 10.6 Å². The molecular weight excluding hydrogens is 229 g/mol. The molecule has 1 unspecified atom stereocenters. The summed E-state index contributed by atoms with van der Waals surface area (Å²) in [7, 11) is 0. The Labute approximate surface area is 95.0 Å². The molecule has 1 saturated heterocycles. The first-order valence-electron chi connectivity index (χ1n) is 4.67. The van der Waals surface area contributed by atoms with Crippen LogP contribution in [-0.2, 0) is 15.1 Å². The average molecular weight is 237 g/mol. The Morgan fingerprint density at radius 1 is 1.29 bits per heavy atom. The second-order valence-corrected chi connectivity index (χ2v) is 3.50. The van der Waals surface area contributed by atoms with Crippen LogP contribution in [0, 0.1) is 5.82 Å². The third-order valence-corrected chi connectivity index (χ3v) is 2.52. The van der Waals surface area contributed by atoms with Crippen LogP contribution in [0.3, 0.4) is 0 Å². The van der Waals surface area contributed by atoms with Crippen molar-refractivity contribution in [2.75, 3.05) is 0 Å². The van der Waals surface area contributed by atoms with Gasteiger partial charge in [0.05, 0.1) is 0 Å². The first-order valence-corrected chi connectivity index (χ1v) is 4.67. The van der Waals surface area contributed by atoms with E-state index in [2.05, 4.69) is 5.32 Å². The molecule has 0 aliphatic carbocycles. The molecule has 6 nitrogen and oxygen atoms in total. The number of halogens is 1. The van der Waals surface area contributed by atoms with E-state index in [1.807, 2.05) is 5.32 Å². The fraction of sp³-hybridized carbons (Fsp3) is 0.100. The van der Waals surface area contributed by atoms with Gasteiger partial charge in [0.2, 0.25) is 5.54 Å². The van der Waals surface area contributed by atoms with Crippen LogP contribution in [0.25, 0.3) is 0 Å². The lowest BCUT2D eigenvalue weighted by Crippen LogP contribution is -2.54. The van der Waals surface area contributed by atoms with E-state index in [1.54, 1.807) is 0 Å². The summed E-state index contributed by atoms with van der Waals surface area (Å²) < 4.78 is 13.6. The zero-order valence-corrected chi connectivity index (χ0v) is 8.49. The lowest BCUT2D eigenvalue weighted by atomic mass is 9.89. The summed E-state index contributed by atoms with van der Waals surface area (Å²) in [5.74, 6) is -2.94. The highest BCUT2D eigenvalue weighted by Gasteiger charge is 2.54. The van der Waals surface area contributed by atoms with E-state index < -0.39 is 29.2 Å². The van der Waals surface area contributed by atoms with E-state index in [-0.39, 0.29) is 5.56 Å². The summed E-state index contributed by atoms with van der Waals surface area (Å²) >= 11 is 0. The highest BCUT2D eigenvalue weighted by Crippen LogP contribution is 2.26. The Hall–Kier alpha value is -2.44. The summed E-state index contributed by atoms with van der Waals surface area (Å²) in [6.45, 7) is 0. The van der Waals surface area contributed by atoms with E-state index in [0.717, 1.165) is 6.07 Å². The fourth-order valence-electron chi connectivity index (χ4n) is 1.72. The predicted molar refractivity (Wildman–Crippen MR) is 53.9 cm³/mol. The van der Waals surface area contributed by atoms with Crippen molar-refractivity contribution in [1.29, 1.82) is 0 Å². The van der Waals surface area contributed by atoms with Gasteiger partial charge in [-0.15, -0.1) is 0 Å². The first kappa shape index (κ1) is 11.1. The molecule has 88 valence electrons. The van der Waals surface area contributed by atoms with Gasteiger partial charge in [0.25, 0.3) is 11.8 Å². The summed E-state index contributed by atoms with van der Waals surface area (Å²) in [5.41, 5.74) is 2.65. The van der Waals surface area contributed by atoms with Gasteiger partial charge in [0.15, 0.2) is 0 Å². The summed E-state index contributed by atoms with van der Waals surface area (Å²) in [4.78, 5) is 34.1. The monoisotopic (exact) mass is 237 g/mol. The highest BCUT2D eigenvalue weighted by atomic mass is 19.1. The lowest BCUT2D eigenvalue weighted by Gasteiger charge is -2.22. The molecule has 0 radical (unpaired) electrons.